The summed E-state index contributed by atoms with van der Waals surface area (Å²) in [7, 11) is 0. The average molecular weight is 448 g/mol. The fraction of sp³-hybridized carbons (Fsp3) is 0.409. The zero-order valence-corrected chi connectivity index (χ0v) is 18.5. The van der Waals surface area contributed by atoms with E-state index in [4.69, 9.17) is 23.4 Å². The predicted octanol–water partition coefficient (Wildman–Crippen LogP) is 3.50. The quantitative estimate of drug-likeness (QED) is 0.485. The molecule has 1 fully saturated rings. The number of rotatable bonds is 6. The van der Waals surface area contributed by atoms with Crippen molar-refractivity contribution < 1.29 is 37.7 Å². The molecule has 0 N–H and O–H groups in total. The Labute approximate surface area is 184 Å². The van der Waals surface area contributed by atoms with E-state index in [2.05, 4.69) is 0 Å². The molecule has 166 valence electrons. The maximum absolute atomic E-state index is 11.8. The van der Waals surface area contributed by atoms with Gasteiger partial charge in [0, 0.05) is 32.1 Å². The van der Waals surface area contributed by atoms with Crippen LogP contribution in [0.4, 0.5) is 0 Å². The molecule has 4 atom stereocenters. The predicted molar refractivity (Wildman–Crippen MR) is 112 cm³/mol. The Balaban J connectivity index is 1.85. The lowest BCUT2D eigenvalue weighted by atomic mass is 10.1. The first-order valence-electron chi connectivity index (χ1n) is 9.69. The van der Waals surface area contributed by atoms with Gasteiger partial charge < -0.3 is 23.4 Å². The van der Waals surface area contributed by atoms with Gasteiger partial charge >= 0.3 is 17.9 Å². The zero-order chi connectivity index (χ0) is 22.5. The highest BCUT2D eigenvalue weighted by atomic mass is 32.2. The minimum Gasteiger partial charge on any atom is -0.476 e. The number of furan rings is 1. The minimum atomic E-state index is -0.993. The lowest BCUT2D eigenvalue weighted by Gasteiger charge is -2.39. The Bertz CT molecular complexity index is 952. The maximum Gasteiger partial charge on any atom is 0.303 e. The van der Waals surface area contributed by atoms with Crippen molar-refractivity contribution in [2.75, 3.05) is 5.75 Å². The molecule has 1 aromatic heterocycles. The molecule has 2 aromatic rings. The van der Waals surface area contributed by atoms with Gasteiger partial charge in [0.15, 0.2) is 23.7 Å². The third kappa shape index (κ3) is 6.04. The van der Waals surface area contributed by atoms with Gasteiger partial charge in [-0.3, -0.25) is 14.4 Å². The standard InChI is InChI=1S/C22H24O8S/c1-12-8-9-18(26-12)16-6-5-7-17(10-16)30-22-21(29-15(4)25)20(28-14(3)24)19(11-31-22)27-13(2)23/h5-10,19-22H,11H2,1-4H3/t19-,20+,21-,22+/m1/s1. The van der Waals surface area contributed by atoms with E-state index < -0.39 is 41.7 Å². The number of esters is 3. The SMILES string of the molecule is CC(=O)O[C@@H]1[C@@H](OC(C)=O)[C@@H](Oc2cccc(-c3ccc(C)o3)c2)SC[C@H]1OC(C)=O. The molecular weight excluding hydrogens is 424 g/mol. The maximum atomic E-state index is 11.8. The number of benzene rings is 1. The molecule has 1 saturated heterocycles. The smallest absolute Gasteiger partial charge is 0.303 e. The fourth-order valence-electron chi connectivity index (χ4n) is 3.26. The summed E-state index contributed by atoms with van der Waals surface area (Å²) >= 11 is 1.30. The first-order chi connectivity index (χ1) is 14.7. The van der Waals surface area contributed by atoms with Crippen LogP contribution < -0.4 is 4.74 Å². The summed E-state index contributed by atoms with van der Waals surface area (Å²) in [4.78, 5) is 34.9. The van der Waals surface area contributed by atoms with Crippen LogP contribution in [-0.2, 0) is 28.6 Å². The van der Waals surface area contributed by atoms with Crippen LogP contribution >= 0.6 is 11.8 Å². The van der Waals surface area contributed by atoms with Crippen LogP contribution in [0.1, 0.15) is 26.5 Å². The van der Waals surface area contributed by atoms with Gasteiger partial charge in [0.05, 0.1) is 0 Å². The van der Waals surface area contributed by atoms with Gasteiger partial charge in [-0.2, -0.15) is 0 Å². The van der Waals surface area contributed by atoms with Crippen molar-refractivity contribution in [2.24, 2.45) is 0 Å². The van der Waals surface area contributed by atoms with E-state index in [9.17, 15) is 14.4 Å². The number of hydrogen-bond acceptors (Lipinski definition) is 9. The molecule has 0 aliphatic carbocycles. The zero-order valence-electron chi connectivity index (χ0n) is 17.7. The van der Waals surface area contributed by atoms with Crippen molar-refractivity contribution in [3.8, 4) is 17.1 Å². The van der Waals surface area contributed by atoms with Crippen LogP contribution in [-0.4, -0.2) is 47.4 Å². The molecule has 0 amide bonds. The Morgan fingerprint density at radius 1 is 0.935 bits per heavy atom. The molecule has 0 spiro atoms. The molecule has 0 unspecified atom stereocenters. The van der Waals surface area contributed by atoms with Crippen molar-refractivity contribution in [1.29, 1.82) is 0 Å². The highest BCUT2D eigenvalue weighted by Gasteiger charge is 2.47. The van der Waals surface area contributed by atoms with Crippen LogP contribution in [0.2, 0.25) is 0 Å². The van der Waals surface area contributed by atoms with Crippen molar-refractivity contribution in [3.63, 3.8) is 0 Å². The Kier molecular flexibility index (Phi) is 7.27. The van der Waals surface area contributed by atoms with E-state index in [1.807, 2.05) is 37.3 Å². The lowest BCUT2D eigenvalue weighted by Crippen LogP contribution is -2.55. The number of aryl methyl sites for hydroxylation is 1. The number of ether oxygens (including phenoxy) is 4. The van der Waals surface area contributed by atoms with Crippen molar-refractivity contribution >= 4 is 29.7 Å². The van der Waals surface area contributed by atoms with Gasteiger partial charge in [0.25, 0.3) is 0 Å². The molecule has 0 bridgehead atoms. The van der Waals surface area contributed by atoms with E-state index in [1.165, 1.54) is 32.5 Å². The molecular formula is C22H24O8S. The van der Waals surface area contributed by atoms with Gasteiger partial charge in [-0.1, -0.05) is 12.1 Å². The van der Waals surface area contributed by atoms with Crippen LogP contribution in [0.25, 0.3) is 11.3 Å². The number of carbonyl (C=O) groups excluding carboxylic acids is 3. The van der Waals surface area contributed by atoms with Gasteiger partial charge in [0.2, 0.25) is 0 Å². The van der Waals surface area contributed by atoms with Crippen molar-refractivity contribution in [1.82, 2.24) is 0 Å². The molecule has 0 radical (unpaired) electrons. The summed E-state index contributed by atoms with van der Waals surface area (Å²) in [5.41, 5.74) is 0.137. The first kappa shape index (κ1) is 22.7. The number of thioether (sulfide) groups is 1. The summed E-state index contributed by atoms with van der Waals surface area (Å²) in [5.74, 6) is 0.638. The highest BCUT2D eigenvalue weighted by Crippen LogP contribution is 2.35. The first-order valence-corrected chi connectivity index (χ1v) is 10.7. The van der Waals surface area contributed by atoms with E-state index in [0.29, 0.717) is 17.3 Å². The normalized spacial score (nSPS) is 23.0. The molecule has 0 saturated carbocycles. The second kappa shape index (κ2) is 9.91. The second-order valence-electron chi connectivity index (χ2n) is 7.05. The third-order valence-corrected chi connectivity index (χ3v) is 5.63. The number of hydrogen-bond donors (Lipinski definition) is 0. The molecule has 8 nitrogen and oxygen atoms in total. The monoisotopic (exact) mass is 448 g/mol. The summed E-state index contributed by atoms with van der Waals surface area (Å²) in [6.45, 7) is 5.62. The molecule has 1 aromatic carbocycles. The van der Waals surface area contributed by atoms with E-state index in [1.54, 1.807) is 6.07 Å². The fourth-order valence-corrected chi connectivity index (χ4v) is 4.47. The lowest BCUT2D eigenvalue weighted by molar-refractivity contribution is -0.186. The van der Waals surface area contributed by atoms with E-state index >= 15 is 0 Å². The summed E-state index contributed by atoms with van der Waals surface area (Å²) in [5, 5.41) is 0. The summed E-state index contributed by atoms with van der Waals surface area (Å²) < 4.78 is 27.9. The Morgan fingerprint density at radius 3 is 2.23 bits per heavy atom. The van der Waals surface area contributed by atoms with Crippen LogP contribution in [0, 0.1) is 6.92 Å². The van der Waals surface area contributed by atoms with Crippen molar-refractivity contribution in [2.45, 2.75) is 51.4 Å². The van der Waals surface area contributed by atoms with Crippen LogP contribution in [0.3, 0.4) is 0 Å². The van der Waals surface area contributed by atoms with Crippen molar-refractivity contribution in [3.05, 3.63) is 42.2 Å². The molecule has 9 heteroatoms. The topological polar surface area (TPSA) is 101 Å². The molecule has 2 heterocycles. The van der Waals surface area contributed by atoms with Gasteiger partial charge in [-0.05, 0) is 31.2 Å². The van der Waals surface area contributed by atoms with Gasteiger partial charge in [-0.15, -0.1) is 11.8 Å². The summed E-state index contributed by atoms with van der Waals surface area (Å²) in [6.07, 6.45) is -2.74. The van der Waals surface area contributed by atoms with Gasteiger partial charge in [0.1, 0.15) is 17.3 Å². The number of carbonyl (C=O) groups is 3. The molecule has 1 aliphatic heterocycles. The molecule has 3 rings (SSSR count). The Morgan fingerprint density at radius 2 is 1.61 bits per heavy atom. The van der Waals surface area contributed by atoms with E-state index in [-0.39, 0.29) is 0 Å². The molecule has 1 aliphatic rings. The average Bonchev–Trinajstić information content (AvgIpc) is 3.12. The highest BCUT2D eigenvalue weighted by molar-refractivity contribution is 7.99. The largest absolute Gasteiger partial charge is 0.476 e. The second-order valence-corrected chi connectivity index (χ2v) is 8.18. The third-order valence-electron chi connectivity index (χ3n) is 4.42. The summed E-state index contributed by atoms with van der Waals surface area (Å²) in [6, 6.07) is 11.0. The molecule has 31 heavy (non-hydrogen) atoms. The van der Waals surface area contributed by atoms with Gasteiger partial charge in [-0.25, -0.2) is 0 Å². The van der Waals surface area contributed by atoms with Crippen LogP contribution in [0.15, 0.2) is 40.8 Å². The Hall–Kier alpha value is -2.94. The van der Waals surface area contributed by atoms with Crippen LogP contribution in [0.5, 0.6) is 5.75 Å². The van der Waals surface area contributed by atoms with E-state index in [0.717, 1.165) is 11.3 Å². The minimum absolute atomic E-state index is 0.303.